The summed E-state index contributed by atoms with van der Waals surface area (Å²) in [6.07, 6.45) is 2.79. The first-order valence-electron chi connectivity index (χ1n) is 7.47. The van der Waals surface area contributed by atoms with Crippen LogP contribution in [0.1, 0.15) is 22.8 Å². The largest absolute Gasteiger partial charge is 0.366 e. The molecule has 0 saturated heterocycles. The van der Waals surface area contributed by atoms with Gasteiger partial charge in [0.1, 0.15) is 4.64 Å². The van der Waals surface area contributed by atoms with Gasteiger partial charge in [0.2, 0.25) is 0 Å². The van der Waals surface area contributed by atoms with Gasteiger partial charge >= 0.3 is 0 Å². The molecule has 5 heteroatoms. The number of carbonyl (C=O) groups excluding carboxylic acids is 1. The van der Waals surface area contributed by atoms with Crippen LogP contribution in [0.25, 0.3) is 0 Å². The van der Waals surface area contributed by atoms with E-state index in [1.165, 1.54) is 11.3 Å². The highest BCUT2D eigenvalue weighted by atomic mass is 32.1. The molecule has 3 rings (SSSR count). The summed E-state index contributed by atoms with van der Waals surface area (Å²) in [5.41, 5.74) is 3.18. The quantitative estimate of drug-likeness (QED) is 0.853. The highest BCUT2D eigenvalue weighted by molar-refractivity contribution is 7.71. The summed E-state index contributed by atoms with van der Waals surface area (Å²) in [5.74, 6) is -0.124. The van der Waals surface area contributed by atoms with E-state index in [1.807, 2.05) is 0 Å². The highest BCUT2D eigenvalue weighted by Crippen LogP contribution is 2.28. The number of hydrogen-bond acceptors (Lipinski definition) is 3. The molecule has 22 heavy (non-hydrogen) atoms. The van der Waals surface area contributed by atoms with Crippen LogP contribution >= 0.6 is 12.2 Å². The van der Waals surface area contributed by atoms with Crippen LogP contribution in [0.5, 0.6) is 0 Å². The first-order valence-corrected chi connectivity index (χ1v) is 7.88. The number of hydrogen-bond donors (Lipinski definition) is 2. The summed E-state index contributed by atoms with van der Waals surface area (Å²) in [5, 5.41) is 2.98. The Morgan fingerprint density at radius 3 is 3.00 bits per heavy atom. The average Bonchev–Trinajstić information content (AvgIpc) is 2.97. The Morgan fingerprint density at radius 1 is 1.36 bits per heavy atom. The second-order valence-electron chi connectivity index (χ2n) is 5.54. The lowest BCUT2D eigenvalue weighted by Gasteiger charge is -2.27. The Morgan fingerprint density at radius 2 is 2.18 bits per heavy atom. The van der Waals surface area contributed by atoms with E-state index < -0.39 is 0 Å². The van der Waals surface area contributed by atoms with Gasteiger partial charge in [0.25, 0.3) is 5.91 Å². The Kier molecular flexibility index (Phi) is 4.24. The maximum atomic E-state index is 12.2. The summed E-state index contributed by atoms with van der Waals surface area (Å²) in [6.45, 7) is 3.73. The van der Waals surface area contributed by atoms with E-state index in [0.29, 0.717) is 16.7 Å². The van der Waals surface area contributed by atoms with Gasteiger partial charge < -0.3 is 15.2 Å². The Hall–Kier alpha value is -2.14. The lowest BCUT2D eigenvalue weighted by Crippen LogP contribution is -2.41. The molecule has 1 atom stereocenters. The van der Waals surface area contributed by atoms with E-state index in [2.05, 4.69) is 46.4 Å². The Balaban J connectivity index is 1.64. The standard InChI is InChI=1S/C17H19N3OS/c1-12(20-10-8-13-5-2-3-7-15(13)20)11-19-16(21)14-6-4-9-18-17(14)22/h2-7,9,12H,8,10-11H2,1H3,(H,18,22)(H,19,21)/t12-/m0/s1. The lowest BCUT2D eigenvalue weighted by molar-refractivity contribution is 0.0950. The van der Waals surface area contributed by atoms with Gasteiger partial charge in [-0.05, 0) is 37.1 Å². The number of nitrogens with zero attached hydrogens (tertiary/aromatic N) is 1. The van der Waals surface area contributed by atoms with E-state index in [9.17, 15) is 4.79 Å². The number of rotatable bonds is 4. The number of fused-ring (bicyclic) bond motifs is 1. The second-order valence-corrected chi connectivity index (χ2v) is 5.95. The maximum Gasteiger partial charge on any atom is 0.254 e. The third kappa shape index (κ3) is 2.90. The minimum atomic E-state index is -0.124. The zero-order chi connectivity index (χ0) is 15.5. The van der Waals surface area contributed by atoms with Crippen LogP contribution in [0, 0.1) is 4.64 Å². The SMILES string of the molecule is C[C@@H](CNC(=O)c1ccc[nH]c1=S)N1CCc2ccccc21. The fourth-order valence-corrected chi connectivity index (χ4v) is 3.10. The third-order valence-electron chi connectivity index (χ3n) is 4.08. The van der Waals surface area contributed by atoms with Gasteiger partial charge in [-0.25, -0.2) is 0 Å². The molecule has 114 valence electrons. The van der Waals surface area contributed by atoms with Crippen molar-refractivity contribution in [1.82, 2.24) is 10.3 Å². The van der Waals surface area contributed by atoms with Crippen molar-refractivity contribution in [1.29, 1.82) is 0 Å². The van der Waals surface area contributed by atoms with Gasteiger partial charge in [0.05, 0.1) is 5.56 Å². The molecule has 0 aliphatic carbocycles. The number of amides is 1. The van der Waals surface area contributed by atoms with Gasteiger partial charge in [-0.1, -0.05) is 30.4 Å². The number of carbonyl (C=O) groups is 1. The molecule has 1 aromatic carbocycles. The van der Waals surface area contributed by atoms with Crippen molar-refractivity contribution in [2.75, 3.05) is 18.0 Å². The molecule has 2 heterocycles. The molecule has 0 saturated carbocycles. The van der Waals surface area contributed by atoms with Gasteiger partial charge in [-0.2, -0.15) is 0 Å². The van der Waals surface area contributed by atoms with Crippen molar-refractivity contribution < 1.29 is 4.79 Å². The van der Waals surface area contributed by atoms with Crippen LogP contribution in [0.15, 0.2) is 42.6 Å². The first-order chi connectivity index (χ1) is 10.7. The van der Waals surface area contributed by atoms with Crippen molar-refractivity contribution in [3.8, 4) is 0 Å². The summed E-state index contributed by atoms with van der Waals surface area (Å²) < 4.78 is 0.471. The predicted molar refractivity (Wildman–Crippen MR) is 90.9 cm³/mol. The van der Waals surface area contributed by atoms with E-state index in [-0.39, 0.29) is 11.9 Å². The molecule has 1 aliphatic heterocycles. The molecular weight excluding hydrogens is 294 g/mol. The number of nitrogens with one attached hydrogen (secondary N) is 2. The number of pyridine rings is 1. The van der Waals surface area contributed by atoms with Crippen LogP contribution in [0.4, 0.5) is 5.69 Å². The minimum absolute atomic E-state index is 0.124. The minimum Gasteiger partial charge on any atom is -0.366 e. The van der Waals surface area contributed by atoms with E-state index in [4.69, 9.17) is 12.2 Å². The normalized spacial score (nSPS) is 14.5. The summed E-state index contributed by atoms with van der Waals surface area (Å²) >= 11 is 5.14. The van der Waals surface area contributed by atoms with E-state index in [0.717, 1.165) is 13.0 Å². The molecule has 0 bridgehead atoms. The number of aromatic amines is 1. The van der Waals surface area contributed by atoms with Crippen LogP contribution in [0.2, 0.25) is 0 Å². The van der Waals surface area contributed by atoms with Gasteiger partial charge in [0.15, 0.2) is 0 Å². The zero-order valence-corrected chi connectivity index (χ0v) is 13.3. The van der Waals surface area contributed by atoms with Crippen LogP contribution in [-0.2, 0) is 6.42 Å². The van der Waals surface area contributed by atoms with Crippen molar-refractivity contribution in [3.63, 3.8) is 0 Å². The van der Waals surface area contributed by atoms with Crippen molar-refractivity contribution >= 4 is 23.8 Å². The van der Waals surface area contributed by atoms with Crippen LogP contribution in [0.3, 0.4) is 0 Å². The van der Waals surface area contributed by atoms with Crippen LogP contribution in [-0.4, -0.2) is 30.0 Å². The molecule has 0 spiro atoms. The molecule has 0 fully saturated rings. The number of H-pyrrole nitrogens is 1. The molecule has 1 aliphatic rings. The Bertz CT molecular complexity index is 740. The third-order valence-corrected chi connectivity index (χ3v) is 4.41. The summed E-state index contributed by atoms with van der Waals surface area (Å²) in [6, 6.07) is 12.2. The Labute approximate surface area is 135 Å². The fourth-order valence-electron chi connectivity index (χ4n) is 2.87. The number of anilines is 1. The molecule has 4 nitrogen and oxygen atoms in total. The zero-order valence-electron chi connectivity index (χ0n) is 12.5. The fraction of sp³-hybridized carbons (Fsp3) is 0.294. The first kappa shape index (κ1) is 14.8. The molecule has 1 aromatic heterocycles. The molecule has 0 unspecified atom stereocenters. The van der Waals surface area contributed by atoms with E-state index >= 15 is 0 Å². The van der Waals surface area contributed by atoms with Gasteiger partial charge in [0, 0.05) is 31.0 Å². The summed E-state index contributed by atoms with van der Waals surface area (Å²) in [4.78, 5) is 17.4. The van der Waals surface area contributed by atoms with Gasteiger partial charge in [-0.15, -0.1) is 0 Å². The van der Waals surface area contributed by atoms with Crippen molar-refractivity contribution in [2.45, 2.75) is 19.4 Å². The topological polar surface area (TPSA) is 48.1 Å². The molecule has 2 aromatic rings. The van der Waals surface area contributed by atoms with Crippen molar-refractivity contribution in [3.05, 3.63) is 58.4 Å². The number of para-hydroxylation sites is 1. The second kappa shape index (κ2) is 6.32. The average molecular weight is 313 g/mol. The maximum absolute atomic E-state index is 12.2. The van der Waals surface area contributed by atoms with E-state index in [1.54, 1.807) is 18.3 Å². The monoisotopic (exact) mass is 313 g/mol. The number of benzene rings is 1. The lowest BCUT2D eigenvalue weighted by atomic mass is 10.2. The number of aromatic nitrogens is 1. The smallest absolute Gasteiger partial charge is 0.254 e. The highest BCUT2D eigenvalue weighted by Gasteiger charge is 2.23. The molecule has 0 radical (unpaired) electrons. The van der Waals surface area contributed by atoms with Gasteiger partial charge in [-0.3, -0.25) is 4.79 Å². The molecule has 2 N–H and O–H groups in total. The van der Waals surface area contributed by atoms with Crippen molar-refractivity contribution in [2.24, 2.45) is 0 Å². The molecule has 1 amide bonds. The predicted octanol–water partition coefficient (Wildman–Crippen LogP) is 2.93. The molecular formula is C17H19N3OS. The van der Waals surface area contributed by atoms with Crippen LogP contribution < -0.4 is 10.2 Å². The summed E-state index contributed by atoms with van der Waals surface area (Å²) in [7, 11) is 0.